The van der Waals surface area contributed by atoms with Gasteiger partial charge < -0.3 is 19.9 Å². The maximum atomic E-state index is 9.76. The molecule has 1 aliphatic rings. The average molecular weight is 269 g/mol. The van der Waals surface area contributed by atoms with Crippen LogP contribution in [0.15, 0.2) is 12.4 Å². The first kappa shape index (κ1) is 14.5. The Balaban J connectivity index is 1.50. The lowest BCUT2D eigenvalue weighted by atomic mass is 10.2. The van der Waals surface area contributed by atoms with Crippen molar-refractivity contribution in [2.45, 2.75) is 31.6 Å². The first-order chi connectivity index (χ1) is 9.24. The summed E-state index contributed by atoms with van der Waals surface area (Å²) in [6, 6.07) is 0. The smallest absolute Gasteiger partial charge is 0.0897 e. The van der Waals surface area contributed by atoms with Crippen LogP contribution in [-0.2, 0) is 23.1 Å². The molecule has 2 unspecified atom stereocenters. The van der Waals surface area contributed by atoms with Gasteiger partial charge in [0, 0.05) is 38.5 Å². The standard InChI is InChI=1S/C13H23N3O3/c1-16-8-11(6-15-16)5-14-7-12(17)9-18-10-13-3-2-4-19-13/h6,8,12-14,17H,2-5,7,9-10H2,1H3. The van der Waals surface area contributed by atoms with E-state index in [1.54, 1.807) is 4.68 Å². The molecule has 0 spiro atoms. The molecule has 0 saturated carbocycles. The van der Waals surface area contributed by atoms with Crippen molar-refractivity contribution in [3.8, 4) is 0 Å². The minimum Gasteiger partial charge on any atom is -0.389 e. The Hall–Kier alpha value is -0.950. The number of aliphatic hydroxyl groups excluding tert-OH is 1. The van der Waals surface area contributed by atoms with Crippen molar-refractivity contribution in [2.24, 2.45) is 7.05 Å². The first-order valence-corrected chi connectivity index (χ1v) is 6.79. The van der Waals surface area contributed by atoms with E-state index >= 15 is 0 Å². The Labute approximate surface area is 113 Å². The van der Waals surface area contributed by atoms with Crippen molar-refractivity contribution in [1.29, 1.82) is 0 Å². The highest BCUT2D eigenvalue weighted by Gasteiger charge is 2.16. The van der Waals surface area contributed by atoms with E-state index in [1.165, 1.54) is 0 Å². The molecular weight excluding hydrogens is 246 g/mol. The van der Waals surface area contributed by atoms with Crippen LogP contribution in [0.1, 0.15) is 18.4 Å². The molecule has 2 rings (SSSR count). The maximum Gasteiger partial charge on any atom is 0.0897 e. The summed E-state index contributed by atoms with van der Waals surface area (Å²) < 4.78 is 12.7. The van der Waals surface area contributed by atoms with Gasteiger partial charge in [0.05, 0.1) is 31.6 Å². The van der Waals surface area contributed by atoms with Crippen LogP contribution in [0.5, 0.6) is 0 Å². The summed E-state index contributed by atoms with van der Waals surface area (Å²) >= 11 is 0. The zero-order chi connectivity index (χ0) is 13.5. The molecule has 2 N–H and O–H groups in total. The third-order valence-electron chi connectivity index (χ3n) is 3.11. The largest absolute Gasteiger partial charge is 0.389 e. The number of ether oxygens (including phenoxy) is 2. The zero-order valence-corrected chi connectivity index (χ0v) is 11.4. The highest BCUT2D eigenvalue weighted by molar-refractivity contribution is 5.02. The van der Waals surface area contributed by atoms with Crippen LogP contribution in [-0.4, -0.2) is 53.5 Å². The van der Waals surface area contributed by atoms with E-state index in [0.29, 0.717) is 26.3 Å². The van der Waals surface area contributed by atoms with Crippen LogP contribution < -0.4 is 5.32 Å². The monoisotopic (exact) mass is 269 g/mol. The Bertz CT molecular complexity index is 364. The predicted octanol–water partition coefficient (Wildman–Crippen LogP) is 0.0662. The van der Waals surface area contributed by atoms with E-state index in [0.717, 1.165) is 25.0 Å². The predicted molar refractivity (Wildman–Crippen MR) is 70.7 cm³/mol. The van der Waals surface area contributed by atoms with Gasteiger partial charge in [0.15, 0.2) is 0 Å². The lowest BCUT2D eigenvalue weighted by molar-refractivity contribution is -0.0164. The second-order valence-corrected chi connectivity index (χ2v) is 4.98. The molecule has 0 radical (unpaired) electrons. The summed E-state index contributed by atoms with van der Waals surface area (Å²) in [4.78, 5) is 0. The van der Waals surface area contributed by atoms with Crippen LogP contribution in [0.25, 0.3) is 0 Å². The molecule has 2 atom stereocenters. The summed E-state index contributed by atoms with van der Waals surface area (Å²) in [6.45, 7) is 2.99. The van der Waals surface area contributed by atoms with Gasteiger partial charge >= 0.3 is 0 Å². The second kappa shape index (κ2) is 7.59. The molecule has 0 aliphatic carbocycles. The van der Waals surface area contributed by atoms with E-state index < -0.39 is 6.10 Å². The van der Waals surface area contributed by atoms with E-state index in [-0.39, 0.29) is 6.10 Å². The number of aryl methyl sites for hydroxylation is 1. The molecule has 1 aliphatic heterocycles. The first-order valence-electron chi connectivity index (χ1n) is 6.79. The summed E-state index contributed by atoms with van der Waals surface area (Å²) in [6.07, 6.45) is 5.67. The van der Waals surface area contributed by atoms with Crippen molar-refractivity contribution in [2.75, 3.05) is 26.4 Å². The van der Waals surface area contributed by atoms with Gasteiger partial charge in [-0.1, -0.05) is 0 Å². The van der Waals surface area contributed by atoms with Gasteiger partial charge in [-0.3, -0.25) is 4.68 Å². The molecule has 0 aromatic carbocycles. The fourth-order valence-electron chi connectivity index (χ4n) is 2.12. The molecule has 1 aromatic rings. The van der Waals surface area contributed by atoms with Gasteiger partial charge in [-0.15, -0.1) is 0 Å². The number of rotatable bonds is 8. The van der Waals surface area contributed by atoms with Crippen LogP contribution in [0.3, 0.4) is 0 Å². The van der Waals surface area contributed by atoms with Gasteiger partial charge in [-0.25, -0.2) is 0 Å². The Morgan fingerprint density at radius 2 is 2.58 bits per heavy atom. The van der Waals surface area contributed by atoms with E-state index in [2.05, 4.69) is 10.4 Å². The van der Waals surface area contributed by atoms with Gasteiger partial charge in [0.25, 0.3) is 0 Å². The summed E-state index contributed by atoms with van der Waals surface area (Å²) in [5.41, 5.74) is 1.11. The van der Waals surface area contributed by atoms with Gasteiger partial charge in [-0.05, 0) is 12.8 Å². The van der Waals surface area contributed by atoms with Crippen LogP contribution in [0, 0.1) is 0 Å². The summed E-state index contributed by atoms with van der Waals surface area (Å²) in [5.74, 6) is 0. The third-order valence-corrected chi connectivity index (χ3v) is 3.11. The van der Waals surface area contributed by atoms with E-state index in [9.17, 15) is 5.11 Å². The quantitative estimate of drug-likeness (QED) is 0.699. The van der Waals surface area contributed by atoms with Crippen molar-refractivity contribution >= 4 is 0 Å². The molecule has 108 valence electrons. The van der Waals surface area contributed by atoms with Crippen molar-refractivity contribution in [1.82, 2.24) is 15.1 Å². The van der Waals surface area contributed by atoms with Crippen molar-refractivity contribution in [3.05, 3.63) is 18.0 Å². The molecular formula is C13H23N3O3. The SMILES string of the molecule is Cn1cc(CNCC(O)COCC2CCCO2)cn1. The molecule has 1 fully saturated rings. The lowest BCUT2D eigenvalue weighted by Crippen LogP contribution is -2.31. The van der Waals surface area contributed by atoms with Crippen molar-refractivity contribution < 1.29 is 14.6 Å². The number of hydrogen-bond acceptors (Lipinski definition) is 5. The molecule has 6 nitrogen and oxygen atoms in total. The lowest BCUT2D eigenvalue weighted by Gasteiger charge is -2.14. The fourth-order valence-corrected chi connectivity index (χ4v) is 2.12. The highest BCUT2D eigenvalue weighted by atomic mass is 16.5. The van der Waals surface area contributed by atoms with Crippen LogP contribution in [0.2, 0.25) is 0 Å². The molecule has 1 aromatic heterocycles. The minimum absolute atomic E-state index is 0.218. The molecule has 0 amide bonds. The topological polar surface area (TPSA) is 68.5 Å². The normalized spacial score (nSPS) is 20.8. The molecule has 2 heterocycles. The van der Waals surface area contributed by atoms with Gasteiger partial charge in [-0.2, -0.15) is 5.10 Å². The summed E-state index contributed by atoms with van der Waals surface area (Å²) in [5, 5.41) is 17.0. The molecule has 19 heavy (non-hydrogen) atoms. The number of aliphatic hydroxyl groups is 1. The highest BCUT2D eigenvalue weighted by Crippen LogP contribution is 2.11. The number of hydrogen-bond donors (Lipinski definition) is 2. The van der Waals surface area contributed by atoms with Crippen molar-refractivity contribution in [3.63, 3.8) is 0 Å². The zero-order valence-electron chi connectivity index (χ0n) is 11.4. The van der Waals surface area contributed by atoms with Gasteiger partial charge in [0.1, 0.15) is 0 Å². The summed E-state index contributed by atoms with van der Waals surface area (Å²) in [7, 11) is 1.89. The number of nitrogens with zero attached hydrogens (tertiary/aromatic N) is 2. The second-order valence-electron chi connectivity index (χ2n) is 4.98. The maximum absolute atomic E-state index is 9.76. The van der Waals surface area contributed by atoms with Crippen LogP contribution >= 0.6 is 0 Å². The number of aromatic nitrogens is 2. The number of nitrogens with one attached hydrogen (secondary N) is 1. The fraction of sp³-hybridized carbons (Fsp3) is 0.769. The van der Waals surface area contributed by atoms with E-state index in [1.807, 2.05) is 19.4 Å². The van der Waals surface area contributed by atoms with E-state index in [4.69, 9.17) is 9.47 Å². The van der Waals surface area contributed by atoms with Gasteiger partial charge in [0.2, 0.25) is 0 Å². The third kappa shape index (κ3) is 5.28. The Kier molecular flexibility index (Phi) is 5.78. The average Bonchev–Trinajstić information content (AvgIpc) is 3.01. The molecule has 6 heteroatoms. The minimum atomic E-state index is -0.488. The Morgan fingerprint density at radius 1 is 1.68 bits per heavy atom. The van der Waals surface area contributed by atoms with Crippen LogP contribution in [0.4, 0.5) is 0 Å². The molecule has 0 bridgehead atoms. The molecule has 1 saturated heterocycles. The Morgan fingerprint density at radius 3 is 3.26 bits per heavy atom.